The molecule has 0 aliphatic heterocycles. The molecule has 28 heavy (non-hydrogen) atoms. The molecule has 2 N–H and O–H groups in total. The minimum atomic E-state index is -0.289. The maximum Gasteiger partial charge on any atom is 0.275 e. The third-order valence-corrected chi connectivity index (χ3v) is 4.71. The highest BCUT2D eigenvalue weighted by molar-refractivity contribution is 7.09. The number of H-pyrrole nitrogens is 1. The number of tetrazole rings is 1. The van der Waals surface area contributed by atoms with Gasteiger partial charge in [-0.15, -0.1) is 21.5 Å². The van der Waals surface area contributed by atoms with Gasteiger partial charge in [0.25, 0.3) is 5.91 Å². The van der Waals surface area contributed by atoms with Crippen LogP contribution in [0.1, 0.15) is 21.1 Å². The van der Waals surface area contributed by atoms with Gasteiger partial charge in [-0.05, 0) is 36.4 Å². The first-order valence-corrected chi connectivity index (χ1v) is 9.34. The van der Waals surface area contributed by atoms with Crippen molar-refractivity contribution in [1.29, 1.82) is 0 Å². The van der Waals surface area contributed by atoms with Crippen molar-refractivity contribution < 1.29 is 9.53 Å². The monoisotopic (exact) mass is 392 g/mol. The van der Waals surface area contributed by atoms with Gasteiger partial charge in [0.1, 0.15) is 23.1 Å². The fourth-order valence-corrected chi connectivity index (χ4v) is 3.16. The van der Waals surface area contributed by atoms with E-state index in [9.17, 15) is 4.79 Å². The Morgan fingerprint density at radius 2 is 2.07 bits per heavy atom. The molecule has 0 saturated carbocycles. The number of thiazole rings is 1. The number of carbonyl (C=O) groups excluding carboxylic acids is 1. The van der Waals surface area contributed by atoms with Gasteiger partial charge in [-0.1, -0.05) is 29.8 Å². The van der Waals surface area contributed by atoms with E-state index in [2.05, 4.69) is 30.9 Å². The third kappa shape index (κ3) is 4.21. The number of nitrogens with one attached hydrogen (secondary N) is 2. The first-order valence-electron chi connectivity index (χ1n) is 8.46. The van der Waals surface area contributed by atoms with Crippen LogP contribution in [0.5, 0.6) is 5.75 Å². The highest BCUT2D eigenvalue weighted by atomic mass is 32.1. The van der Waals surface area contributed by atoms with Crippen molar-refractivity contribution in [2.24, 2.45) is 0 Å². The number of nitrogens with zero attached hydrogens (tertiary/aromatic N) is 4. The van der Waals surface area contributed by atoms with E-state index in [1.54, 1.807) is 17.5 Å². The van der Waals surface area contributed by atoms with E-state index in [1.807, 2.05) is 43.3 Å². The minimum Gasteiger partial charge on any atom is -0.486 e. The molecule has 0 spiro atoms. The molecule has 2 aromatic carbocycles. The van der Waals surface area contributed by atoms with Gasteiger partial charge in [-0.3, -0.25) is 4.79 Å². The fourth-order valence-electron chi connectivity index (χ4n) is 2.48. The topological polar surface area (TPSA) is 106 Å². The molecule has 0 atom stereocenters. The van der Waals surface area contributed by atoms with E-state index in [0.29, 0.717) is 23.8 Å². The average Bonchev–Trinajstić information content (AvgIpc) is 3.40. The van der Waals surface area contributed by atoms with Crippen LogP contribution in [0.4, 0.5) is 5.69 Å². The van der Waals surface area contributed by atoms with Gasteiger partial charge in [0, 0.05) is 16.6 Å². The Balaban J connectivity index is 1.39. The number of aromatic amines is 1. The number of hydrogen-bond donors (Lipinski definition) is 2. The van der Waals surface area contributed by atoms with Crippen LogP contribution in [0, 0.1) is 6.92 Å². The molecule has 0 fully saturated rings. The molecule has 0 aliphatic rings. The Bertz CT molecular complexity index is 1080. The molecule has 1 amide bonds. The summed E-state index contributed by atoms with van der Waals surface area (Å²) in [5, 5.41) is 19.1. The molecule has 0 aliphatic carbocycles. The SMILES string of the molecule is Cc1ccc(OCc2nc(C(=O)Nc3cccc(-c4nn[nH]n4)c3)cs2)cc1. The zero-order chi connectivity index (χ0) is 19.3. The van der Waals surface area contributed by atoms with Gasteiger partial charge in [-0.2, -0.15) is 5.21 Å². The van der Waals surface area contributed by atoms with Crippen LogP contribution < -0.4 is 10.1 Å². The number of amides is 1. The van der Waals surface area contributed by atoms with Gasteiger partial charge in [-0.25, -0.2) is 4.98 Å². The minimum absolute atomic E-state index is 0.289. The van der Waals surface area contributed by atoms with Crippen LogP contribution in [-0.4, -0.2) is 31.5 Å². The highest BCUT2D eigenvalue weighted by Gasteiger charge is 2.12. The molecule has 0 saturated heterocycles. The van der Waals surface area contributed by atoms with E-state index in [1.165, 1.54) is 16.9 Å². The Labute approximate surface area is 164 Å². The molecular formula is C19H16N6O2S. The number of hydrogen-bond acceptors (Lipinski definition) is 7. The van der Waals surface area contributed by atoms with E-state index in [0.717, 1.165) is 16.3 Å². The van der Waals surface area contributed by atoms with Gasteiger partial charge in [0.05, 0.1) is 0 Å². The molecule has 4 rings (SSSR count). The Morgan fingerprint density at radius 1 is 1.21 bits per heavy atom. The summed E-state index contributed by atoms with van der Waals surface area (Å²) in [4.78, 5) is 16.8. The van der Waals surface area contributed by atoms with Crippen molar-refractivity contribution in [3.8, 4) is 17.1 Å². The van der Waals surface area contributed by atoms with Gasteiger partial charge in [0.15, 0.2) is 0 Å². The summed E-state index contributed by atoms with van der Waals surface area (Å²) >= 11 is 1.38. The molecule has 2 heterocycles. The van der Waals surface area contributed by atoms with E-state index >= 15 is 0 Å². The van der Waals surface area contributed by atoms with Crippen molar-refractivity contribution >= 4 is 22.9 Å². The van der Waals surface area contributed by atoms with Crippen LogP contribution in [0.2, 0.25) is 0 Å². The maximum absolute atomic E-state index is 12.5. The Kier molecular flexibility index (Phi) is 5.07. The van der Waals surface area contributed by atoms with Crippen LogP contribution in [0.15, 0.2) is 53.9 Å². The van der Waals surface area contributed by atoms with Gasteiger partial charge in [0.2, 0.25) is 5.82 Å². The summed E-state index contributed by atoms with van der Waals surface area (Å²) in [6.07, 6.45) is 0. The van der Waals surface area contributed by atoms with Gasteiger partial charge < -0.3 is 10.1 Å². The fraction of sp³-hybridized carbons (Fsp3) is 0.105. The average molecular weight is 392 g/mol. The number of aromatic nitrogens is 5. The predicted octanol–water partition coefficient (Wildman–Crippen LogP) is 3.46. The predicted molar refractivity (Wildman–Crippen MR) is 105 cm³/mol. The highest BCUT2D eigenvalue weighted by Crippen LogP contribution is 2.20. The van der Waals surface area contributed by atoms with Crippen LogP contribution in [-0.2, 0) is 6.61 Å². The second kappa shape index (κ2) is 7.97. The lowest BCUT2D eigenvalue weighted by atomic mass is 10.2. The molecule has 0 radical (unpaired) electrons. The van der Waals surface area contributed by atoms with Gasteiger partial charge >= 0.3 is 0 Å². The number of benzene rings is 2. The van der Waals surface area contributed by atoms with Crippen LogP contribution in [0.25, 0.3) is 11.4 Å². The largest absolute Gasteiger partial charge is 0.486 e. The van der Waals surface area contributed by atoms with Crippen molar-refractivity contribution in [1.82, 2.24) is 25.6 Å². The van der Waals surface area contributed by atoms with E-state index in [-0.39, 0.29) is 5.91 Å². The van der Waals surface area contributed by atoms with E-state index in [4.69, 9.17) is 4.74 Å². The number of aryl methyl sites for hydroxylation is 1. The number of rotatable bonds is 6. The van der Waals surface area contributed by atoms with E-state index < -0.39 is 0 Å². The standard InChI is InChI=1S/C19H16N6O2S/c1-12-5-7-15(8-6-12)27-10-17-21-16(11-28-17)19(26)20-14-4-2-3-13(9-14)18-22-24-25-23-18/h2-9,11H,10H2,1H3,(H,20,26)(H,22,23,24,25). The molecule has 0 unspecified atom stereocenters. The molecule has 9 heteroatoms. The quantitative estimate of drug-likeness (QED) is 0.520. The summed E-state index contributed by atoms with van der Waals surface area (Å²) in [5.41, 5.74) is 2.89. The Hall–Kier alpha value is -3.59. The normalized spacial score (nSPS) is 10.6. The summed E-state index contributed by atoms with van der Waals surface area (Å²) in [6, 6.07) is 15.0. The molecular weight excluding hydrogens is 376 g/mol. The first kappa shape index (κ1) is 17.8. The summed E-state index contributed by atoms with van der Waals surface area (Å²) in [7, 11) is 0. The summed E-state index contributed by atoms with van der Waals surface area (Å²) in [6.45, 7) is 2.34. The third-order valence-electron chi connectivity index (χ3n) is 3.89. The van der Waals surface area contributed by atoms with Crippen molar-refractivity contribution in [3.05, 3.63) is 70.2 Å². The molecule has 0 bridgehead atoms. The zero-order valence-electron chi connectivity index (χ0n) is 14.9. The van der Waals surface area contributed by atoms with Crippen LogP contribution in [0.3, 0.4) is 0 Å². The molecule has 2 aromatic heterocycles. The Morgan fingerprint density at radius 3 is 2.86 bits per heavy atom. The lowest BCUT2D eigenvalue weighted by Crippen LogP contribution is -2.12. The smallest absolute Gasteiger partial charge is 0.275 e. The number of ether oxygens (including phenoxy) is 1. The van der Waals surface area contributed by atoms with Crippen LogP contribution >= 0.6 is 11.3 Å². The lowest BCUT2D eigenvalue weighted by molar-refractivity contribution is 0.102. The maximum atomic E-state index is 12.5. The first-order chi connectivity index (χ1) is 13.7. The summed E-state index contributed by atoms with van der Waals surface area (Å²) in [5.74, 6) is 0.938. The summed E-state index contributed by atoms with van der Waals surface area (Å²) < 4.78 is 5.71. The molecule has 4 aromatic rings. The zero-order valence-corrected chi connectivity index (χ0v) is 15.7. The second-order valence-electron chi connectivity index (χ2n) is 6.00. The van der Waals surface area contributed by atoms with Crippen molar-refractivity contribution in [3.63, 3.8) is 0 Å². The lowest BCUT2D eigenvalue weighted by Gasteiger charge is -2.05. The molecule has 8 nitrogen and oxygen atoms in total. The second-order valence-corrected chi connectivity index (χ2v) is 6.94. The van der Waals surface area contributed by atoms with Crippen molar-refractivity contribution in [2.45, 2.75) is 13.5 Å². The molecule has 140 valence electrons. The number of anilines is 1. The number of carbonyl (C=O) groups is 1. The van der Waals surface area contributed by atoms with Crippen molar-refractivity contribution in [2.75, 3.05) is 5.32 Å².